The van der Waals surface area contributed by atoms with Crippen molar-refractivity contribution in [1.29, 1.82) is 0 Å². The predicted molar refractivity (Wildman–Crippen MR) is 96.5 cm³/mol. The van der Waals surface area contributed by atoms with Gasteiger partial charge >= 0.3 is 12.1 Å². The standard InChI is InChI=1S/C19H32N2O5/c1-17(2,3)13(20-16(25)26-18(4,5)6)14(22)21-9-10-11(19(10,7)8)12(21)15(23)24/h10-13H,9H2,1-8H3,(H,20,25)(H,23,24)/t10-,11-,12+,13-/m1/s1. The quantitative estimate of drug-likeness (QED) is 0.798. The molecule has 7 nitrogen and oxygen atoms in total. The van der Waals surface area contributed by atoms with Crippen LogP contribution in [0.3, 0.4) is 0 Å². The fourth-order valence-electron chi connectivity index (χ4n) is 4.04. The number of ether oxygens (including phenoxy) is 1. The van der Waals surface area contributed by atoms with Gasteiger partial charge in [0.25, 0.3) is 0 Å². The van der Waals surface area contributed by atoms with Crippen LogP contribution < -0.4 is 5.32 Å². The molecule has 1 heterocycles. The number of aliphatic carboxylic acids is 1. The van der Waals surface area contributed by atoms with Crippen molar-refractivity contribution >= 4 is 18.0 Å². The Hall–Kier alpha value is -1.79. The van der Waals surface area contributed by atoms with E-state index in [1.54, 1.807) is 20.8 Å². The third-order valence-corrected chi connectivity index (χ3v) is 5.52. The molecule has 0 aromatic heterocycles. The molecule has 1 saturated carbocycles. The van der Waals surface area contributed by atoms with Crippen LogP contribution in [0, 0.1) is 22.7 Å². The first-order valence-electron chi connectivity index (χ1n) is 9.10. The number of rotatable bonds is 3. The molecule has 2 amide bonds. The van der Waals surface area contributed by atoms with E-state index in [-0.39, 0.29) is 23.2 Å². The number of nitrogens with one attached hydrogen (secondary N) is 1. The Bertz CT molecular complexity index is 614. The van der Waals surface area contributed by atoms with Gasteiger partial charge < -0.3 is 20.1 Å². The summed E-state index contributed by atoms with van der Waals surface area (Å²) in [6.07, 6.45) is -0.678. The molecule has 2 rings (SSSR count). The van der Waals surface area contributed by atoms with Crippen molar-refractivity contribution in [2.24, 2.45) is 22.7 Å². The average Bonchev–Trinajstić information content (AvgIpc) is 2.81. The topological polar surface area (TPSA) is 95.9 Å². The number of carbonyl (C=O) groups excluding carboxylic acids is 2. The second-order valence-corrected chi connectivity index (χ2v) is 10.2. The van der Waals surface area contributed by atoms with Gasteiger partial charge in [0, 0.05) is 12.5 Å². The van der Waals surface area contributed by atoms with Gasteiger partial charge in [-0.25, -0.2) is 9.59 Å². The smallest absolute Gasteiger partial charge is 0.408 e. The Labute approximate surface area is 155 Å². The highest BCUT2D eigenvalue weighted by atomic mass is 16.6. The number of alkyl carbamates (subject to hydrolysis) is 1. The van der Waals surface area contributed by atoms with Gasteiger partial charge in [0.2, 0.25) is 5.91 Å². The molecule has 0 aromatic rings. The van der Waals surface area contributed by atoms with Crippen LogP contribution in [0.4, 0.5) is 4.79 Å². The molecule has 1 saturated heterocycles. The van der Waals surface area contributed by atoms with E-state index in [2.05, 4.69) is 5.32 Å². The Kier molecular flexibility index (Phi) is 4.84. The normalized spacial score (nSPS) is 28.2. The zero-order valence-corrected chi connectivity index (χ0v) is 17.0. The first kappa shape index (κ1) is 20.5. The van der Waals surface area contributed by atoms with E-state index in [0.29, 0.717) is 6.54 Å². The Morgan fingerprint density at radius 3 is 2.12 bits per heavy atom. The van der Waals surface area contributed by atoms with E-state index in [1.165, 1.54) is 4.90 Å². The summed E-state index contributed by atoms with van der Waals surface area (Å²) in [5.41, 5.74) is -1.33. The number of carbonyl (C=O) groups is 3. The SMILES string of the molecule is CC(C)(C)OC(=O)N[C@H](C(=O)N1C[C@@H]2[C@H]([C@H]1C(=O)O)C2(C)C)C(C)(C)C. The van der Waals surface area contributed by atoms with Gasteiger partial charge in [-0.05, 0) is 37.5 Å². The summed E-state index contributed by atoms with van der Waals surface area (Å²) in [5.74, 6) is -1.19. The van der Waals surface area contributed by atoms with E-state index in [1.807, 2.05) is 34.6 Å². The number of amides is 2. The molecular weight excluding hydrogens is 336 g/mol. The third kappa shape index (κ3) is 3.81. The van der Waals surface area contributed by atoms with Gasteiger partial charge in [-0.2, -0.15) is 0 Å². The average molecular weight is 368 g/mol. The molecule has 1 aliphatic heterocycles. The van der Waals surface area contributed by atoms with Gasteiger partial charge in [0.1, 0.15) is 17.7 Å². The van der Waals surface area contributed by atoms with E-state index < -0.39 is 35.2 Å². The van der Waals surface area contributed by atoms with Crippen molar-refractivity contribution < 1.29 is 24.2 Å². The lowest BCUT2D eigenvalue weighted by atomic mass is 9.85. The number of piperidine rings is 1. The highest BCUT2D eigenvalue weighted by molar-refractivity contribution is 5.91. The lowest BCUT2D eigenvalue weighted by Crippen LogP contribution is -2.58. The number of nitrogens with zero attached hydrogens (tertiary/aromatic N) is 1. The van der Waals surface area contributed by atoms with E-state index in [4.69, 9.17) is 4.74 Å². The molecule has 0 bridgehead atoms. The summed E-state index contributed by atoms with van der Waals surface area (Å²) in [4.78, 5) is 38.6. The summed E-state index contributed by atoms with van der Waals surface area (Å²) in [6, 6.07) is -1.70. The number of carboxylic acid groups (broad SMARTS) is 1. The molecule has 2 N–H and O–H groups in total. The summed E-state index contributed by atoms with van der Waals surface area (Å²) in [7, 11) is 0. The minimum absolute atomic E-state index is 0.0360. The zero-order valence-electron chi connectivity index (χ0n) is 17.0. The number of likely N-dealkylation sites (tertiary alicyclic amines) is 1. The van der Waals surface area contributed by atoms with Crippen molar-refractivity contribution in [2.75, 3.05) is 6.54 Å². The van der Waals surface area contributed by atoms with Crippen LogP contribution in [0.15, 0.2) is 0 Å². The van der Waals surface area contributed by atoms with Gasteiger partial charge in [-0.3, -0.25) is 4.79 Å². The van der Waals surface area contributed by atoms with Gasteiger partial charge in [-0.15, -0.1) is 0 Å². The molecular formula is C19H32N2O5. The number of fused-ring (bicyclic) bond motifs is 1. The fraction of sp³-hybridized carbons (Fsp3) is 0.842. The maximum absolute atomic E-state index is 13.2. The van der Waals surface area contributed by atoms with Crippen molar-refractivity contribution in [1.82, 2.24) is 10.2 Å². The van der Waals surface area contributed by atoms with Crippen LogP contribution in [-0.4, -0.2) is 52.2 Å². The summed E-state index contributed by atoms with van der Waals surface area (Å²) in [6.45, 7) is 15.2. The second-order valence-electron chi connectivity index (χ2n) is 10.2. The molecule has 0 unspecified atom stereocenters. The largest absolute Gasteiger partial charge is 0.480 e. The van der Waals surface area contributed by atoms with Gasteiger partial charge in [0.05, 0.1) is 0 Å². The van der Waals surface area contributed by atoms with Crippen molar-refractivity contribution in [3.05, 3.63) is 0 Å². The third-order valence-electron chi connectivity index (χ3n) is 5.52. The van der Waals surface area contributed by atoms with Crippen LogP contribution in [0.1, 0.15) is 55.4 Å². The predicted octanol–water partition coefficient (Wildman–Crippen LogP) is 2.49. The maximum atomic E-state index is 13.2. The molecule has 2 fully saturated rings. The van der Waals surface area contributed by atoms with Crippen LogP contribution in [0.2, 0.25) is 0 Å². The highest BCUT2D eigenvalue weighted by Crippen LogP contribution is 2.65. The molecule has 1 aliphatic carbocycles. The summed E-state index contributed by atoms with van der Waals surface area (Å²) < 4.78 is 5.28. The number of carboxylic acids is 1. The minimum Gasteiger partial charge on any atom is -0.480 e. The van der Waals surface area contributed by atoms with Crippen LogP contribution in [0.25, 0.3) is 0 Å². The fourth-order valence-corrected chi connectivity index (χ4v) is 4.04. The maximum Gasteiger partial charge on any atom is 0.408 e. The van der Waals surface area contributed by atoms with Crippen molar-refractivity contribution in [3.63, 3.8) is 0 Å². The van der Waals surface area contributed by atoms with Crippen LogP contribution >= 0.6 is 0 Å². The number of hydrogen-bond acceptors (Lipinski definition) is 4. The van der Waals surface area contributed by atoms with Crippen molar-refractivity contribution in [3.8, 4) is 0 Å². The van der Waals surface area contributed by atoms with Gasteiger partial charge in [-0.1, -0.05) is 34.6 Å². The first-order chi connectivity index (χ1) is 11.6. The zero-order chi connectivity index (χ0) is 20.2. The molecule has 148 valence electrons. The molecule has 26 heavy (non-hydrogen) atoms. The van der Waals surface area contributed by atoms with Gasteiger partial charge in [0.15, 0.2) is 0 Å². The minimum atomic E-state index is -0.985. The van der Waals surface area contributed by atoms with E-state index >= 15 is 0 Å². The lowest BCUT2D eigenvalue weighted by Gasteiger charge is -2.37. The summed E-state index contributed by atoms with van der Waals surface area (Å²) >= 11 is 0. The lowest BCUT2D eigenvalue weighted by molar-refractivity contribution is -0.152. The molecule has 7 heteroatoms. The molecule has 0 aromatic carbocycles. The van der Waals surface area contributed by atoms with E-state index in [9.17, 15) is 19.5 Å². The molecule has 0 spiro atoms. The highest BCUT2D eigenvalue weighted by Gasteiger charge is 2.70. The van der Waals surface area contributed by atoms with Crippen molar-refractivity contribution in [2.45, 2.75) is 73.1 Å². The monoisotopic (exact) mass is 368 g/mol. The molecule has 2 aliphatic rings. The van der Waals surface area contributed by atoms with Crippen LogP contribution in [0.5, 0.6) is 0 Å². The first-order valence-corrected chi connectivity index (χ1v) is 9.10. The van der Waals surface area contributed by atoms with Crippen LogP contribution in [-0.2, 0) is 14.3 Å². The second kappa shape index (κ2) is 6.13. The van der Waals surface area contributed by atoms with E-state index in [0.717, 1.165) is 0 Å². The Balaban J connectivity index is 2.20. The Morgan fingerprint density at radius 2 is 1.69 bits per heavy atom. The molecule has 0 radical (unpaired) electrons. The Morgan fingerprint density at radius 1 is 1.15 bits per heavy atom. The number of hydrogen-bond donors (Lipinski definition) is 2. The molecule has 4 atom stereocenters. The summed E-state index contributed by atoms with van der Waals surface area (Å²) in [5, 5.41) is 12.3.